The predicted molar refractivity (Wildman–Crippen MR) is 60.9 cm³/mol. The summed E-state index contributed by atoms with van der Waals surface area (Å²) in [6, 6.07) is 1.65. The minimum Gasteiger partial charge on any atom is -0.372 e. The molecule has 1 N–H and O–H groups in total. The Kier molecular flexibility index (Phi) is 2.79. The Bertz CT molecular complexity index is 467. The molecule has 0 spiro atoms. The Hall–Kier alpha value is -1.26. The Balaban J connectivity index is 2.57. The third-order valence-corrected chi connectivity index (χ3v) is 2.46. The molecule has 0 saturated heterocycles. The van der Waals surface area contributed by atoms with E-state index in [2.05, 4.69) is 15.3 Å². The molecule has 0 aliphatic heterocycles. The summed E-state index contributed by atoms with van der Waals surface area (Å²) in [6.07, 6.45) is 5.05. The molecule has 2 aromatic heterocycles. The van der Waals surface area contributed by atoms with E-state index in [-0.39, 0.29) is 0 Å². The van der Waals surface area contributed by atoms with E-state index in [0.717, 1.165) is 0 Å². The molecule has 0 saturated carbocycles. The van der Waals surface area contributed by atoms with Gasteiger partial charge >= 0.3 is 0 Å². The Morgan fingerprint density at radius 3 is 2.73 bits per heavy atom. The first kappa shape index (κ1) is 10.3. The largest absolute Gasteiger partial charge is 0.372 e. The molecule has 6 heteroatoms. The quantitative estimate of drug-likeness (QED) is 0.881. The van der Waals surface area contributed by atoms with E-state index in [1.165, 1.54) is 0 Å². The molecule has 0 amide bonds. The smallest absolute Gasteiger partial charge is 0.159 e. The maximum Gasteiger partial charge on any atom is 0.159 e. The number of halogens is 2. The van der Waals surface area contributed by atoms with E-state index >= 15 is 0 Å². The van der Waals surface area contributed by atoms with E-state index < -0.39 is 0 Å². The average molecular weight is 243 g/mol. The summed E-state index contributed by atoms with van der Waals surface area (Å²) in [5, 5.41) is 3.86. The normalized spacial score (nSPS) is 10.3. The highest BCUT2D eigenvalue weighted by Gasteiger charge is 2.09. The van der Waals surface area contributed by atoms with Crippen LogP contribution in [0.4, 0.5) is 5.82 Å². The Labute approximate surface area is 96.9 Å². The first-order valence-corrected chi connectivity index (χ1v) is 5.00. The van der Waals surface area contributed by atoms with E-state index in [4.69, 9.17) is 23.2 Å². The summed E-state index contributed by atoms with van der Waals surface area (Å²) < 4.78 is 1.72. The number of hydrogen-bond donors (Lipinski definition) is 1. The molecule has 0 atom stereocenters. The van der Waals surface area contributed by atoms with Gasteiger partial charge in [-0.25, -0.2) is 9.97 Å². The van der Waals surface area contributed by atoms with Crippen molar-refractivity contribution in [3.8, 4) is 5.82 Å². The summed E-state index contributed by atoms with van der Waals surface area (Å²) in [4.78, 5) is 8.21. The van der Waals surface area contributed by atoms with Crippen molar-refractivity contribution in [1.29, 1.82) is 0 Å². The van der Waals surface area contributed by atoms with E-state index in [1.807, 2.05) is 0 Å². The number of pyridine rings is 1. The zero-order valence-electron chi connectivity index (χ0n) is 7.91. The van der Waals surface area contributed by atoms with Gasteiger partial charge in [-0.15, -0.1) is 0 Å². The van der Waals surface area contributed by atoms with Crippen LogP contribution in [-0.4, -0.2) is 21.6 Å². The van der Waals surface area contributed by atoms with Crippen LogP contribution in [0.15, 0.2) is 24.8 Å². The minimum atomic E-state index is 0.483. The van der Waals surface area contributed by atoms with Crippen LogP contribution < -0.4 is 5.32 Å². The number of rotatable bonds is 2. The van der Waals surface area contributed by atoms with Crippen molar-refractivity contribution >= 4 is 29.0 Å². The van der Waals surface area contributed by atoms with Gasteiger partial charge in [-0.3, -0.25) is 4.57 Å². The molecule has 2 rings (SSSR count). The lowest BCUT2D eigenvalue weighted by molar-refractivity contribution is 0.994. The van der Waals surface area contributed by atoms with Crippen LogP contribution in [0.5, 0.6) is 0 Å². The van der Waals surface area contributed by atoms with Gasteiger partial charge in [-0.05, 0) is 6.07 Å². The minimum absolute atomic E-state index is 0.483. The summed E-state index contributed by atoms with van der Waals surface area (Å²) >= 11 is 12.0. The Morgan fingerprint density at radius 1 is 1.33 bits per heavy atom. The van der Waals surface area contributed by atoms with Gasteiger partial charge in [0, 0.05) is 19.4 Å². The fraction of sp³-hybridized carbons (Fsp3) is 0.111. The van der Waals surface area contributed by atoms with Gasteiger partial charge in [-0.2, -0.15) is 0 Å². The molecule has 15 heavy (non-hydrogen) atoms. The van der Waals surface area contributed by atoms with E-state index in [0.29, 0.717) is 21.7 Å². The van der Waals surface area contributed by atoms with Gasteiger partial charge in [0.2, 0.25) is 0 Å². The number of hydrogen-bond acceptors (Lipinski definition) is 3. The summed E-state index contributed by atoms with van der Waals surface area (Å²) in [5.74, 6) is 1.19. The average Bonchev–Trinajstić information content (AvgIpc) is 2.71. The second kappa shape index (κ2) is 4.08. The molecule has 0 fully saturated rings. The van der Waals surface area contributed by atoms with Crippen molar-refractivity contribution < 1.29 is 0 Å². The SMILES string of the molecule is CNc1nc(-n2ccnc2)c(Cl)cc1Cl. The molecule has 0 unspecified atom stereocenters. The van der Waals surface area contributed by atoms with Crippen LogP contribution in [0.25, 0.3) is 5.82 Å². The lowest BCUT2D eigenvalue weighted by atomic mass is 10.4. The van der Waals surface area contributed by atoms with Gasteiger partial charge in [-0.1, -0.05) is 23.2 Å². The van der Waals surface area contributed by atoms with Crippen molar-refractivity contribution in [3.63, 3.8) is 0 Å². The molecule has 0 aromatic carbocycles. The highest BCUT2D eigenvalue weighted by atomic mass is 35.5. The number of anilines is 1. The summed E-state index contributed by atoms with van der Waals surface area (Å²) in [6.45, 7) is 0. The van der Waals surface area contributed by atoms with Gasteiger partial charge in [0.25, 0.3) is 0 Å². The van der Waals surface area contributed by atoms with Crippen LogP contribution in [-0.2, 0) is 0 Å². The van der Waals surface area contributed by atoms with Gasteiger partial charge in [0.1, 0.15) is 12.1 Å². The Morgan fingerprint density at radius 2 is 2.13 bits per heavy atom. The zero-order chi connectivity index (χ0) is 10.8. The van der Waals surface area contributed by atoms with Crippen molar-refractivity contribution in [2.75, 3.05) is 12.4 Å². The topological polar surface area (TPSA) is 42.7 Å². The molecular weight excluding hydrogens is 235 g/mol. The second-order valence-corrected chi connectivity index (χ2v) is 3.66. The first-order chi connectivity index (χ1) is 7.22. The molecule has 0 radical (unpaired) electrons. The molecule has 78 valence electrons. The lowest BCUT2D eigenvalue weighted by Gasteiger charge is -2.08. The van der Waals surface area contributed by atoms with Gasteiger partial charge < -0.3 is 5.32 Å². The number of imidazole rings is 1. The number of aromatic nitrogens is 3. The van der Waals surface area contributed by atoms with Crippen molar-refractivity contribution in [2.24, 2.45) is 0 Å². The number of nitrogens with zero attached hydrogens (tertiary/aromatic N) is 3. The van der Waals surface area contributed by atoms with Crippen molar-refractivity contribution in [1.82, 2.24) is 14.5 Å². The summed E-state index contributed by atoms with van der Waals surface area (Å²) in [5.41, 5.74) is 0. The fourth-order valence-corrected chi connectivity index (χ4v) is 1.75. The van der Waals surface area contributed by atoms with Crippen LogP contribution in [0.3, 0.4) is 0 Å². The molecule has 0 aliphatic carbocycles. The fourth-order valence-electron chi connectivity index (χ4n) is 1.20. The molecule has 0 bridgehead atoms. The van der Waals surface area contributed by atoms with Gasteiger partial charge in [0.05, 0.1) is 10.0 Å². The maximum absolute atomic E-state index is 6.03. The second-order valence-electron chi connectivity index (χ2n) is 2.84. The monoisotopic (exact) mass is 242 g/mol. The van der Waals surface area contributed by atoms with Crippen LogP contribution >= 0.6 is 23.2 Å². The highest BCUT2D eigenvalue weighted by molar-refractivity contribution is 6.36. The molecular formula is C9H8Cl2N4. The first-order valence-electron chi connectivity index (χ1n) is 4.24. The maximum atomic E-state index is 6.03. The lowest BCUT2D eigenvalue weighted by Crippen LogP contribution is -2.00. The molecule has 4 nitrogen and oxygen atoms in total. The molecule has 2 aromatic rings. The standard InChI is InChI=1S/C9H8Cl2N4/c1-12-8-6(10)4-7(11)9(14-8)15-3-2-13-5-15/h2-5H,1H3,(H,12,14). The van der Waals surface area contributed by atoms with Crippen LogP contribution in [0, 0.1) is 0 Å². The third kappa shape index (κ3) is 1.91. The third-order valence-electron chi connectivity index (χ3n) is 1.90. The van der Waals surface area contributed by atoms with Gasteiger partial charge in [0.15, 0.2) is 5.82 Å². The van der Waals surface area contributed by atoms with Crippen LogP contribution in [0.1, 0.15) is 0 Å². The number of nitrogens with one attached hydrogen (secondary N) is 1. The summed E-state index contributed by atoms with van der Waals surface area (Å²) in [7, 11) is 1.75. The highest BCUT2D eigenvalue weighted by Crippen LogP contribution is 2.27. The molecule has 2 heterocycles. The van der Waals surface area contributed by atoms with Crippen LogP contribution in [0.2, 0.25) is 10.0 Å². The van der Waals surface area contributed by atoms with Crippen molar-refractivity contribution in [3.05, 3.63) is 34.8 Å². The predicted octanol–water partition coefficient (Wildman–Crippen LogP) is 2.62. The van der Waals surface area contributed by atoms with E-state index in [1.54, 1.807) is 36.4 Å². The zero-order valence-corrected chi connectivity index (χ0v) is 9.42. The van der Waals surface area contributed by atoms with Crippen molar-refractivity contribution in [2.45, 2.75) is 0 Å². The molecule has 0 aliphatic rings. The van der Waals surface area contributed by atoms with E-state index in [9.17, 15) is 0 Å².